The van der Waals surface area contributed by atoms with Gasteiger partial charge in [-0.15, -0.1) is 11.3 Å². The van der Waals surface area contributed by atoms with Crippen molar-refractivity contribution < 1.29 is 9.53 Å². The zero-order valence-electron chi connectivity index (χ0n) is 16.1. The van der Waals surface area contributed by atoms with Crippen LogP contribution in [0.1, 0.15) is 48.1 Å². The molecule has 0 fully saturated rings. The molecule has 0 aliphatic rings. The molecule has 0 saturated carbocycles. The predicted molar refractivity (Wildman–Crippen MR) is 115 cm³/mol. The molecular weight excluding hydrogens is 366 g/mol. The third-order valence-corrected chi connectivity index (χ3v) is 5.48. The molecule has 2 heterocycles. The van der Waals surface area contributed by atoms with E-state index in [9.17, 15) is 4.79 Å². The molecule has 0 amide bonds. The number of hydrogen-bond acceptors (Lipinski definition) is 4. The number of thiophene rings is 1. The summed E-state index contributed by atoms with van der Waals surface area (Å²) in [4.78, 5) is 17.9. The first-order chi connectivity index (χ1) is 13.8. The van der Waals surface area contributed by atoms with Gasteiger partial charge in [0.2, 0.25) is 0 Å². The maximum absolute atomic E-state index is 12.4. The topological polar surface area (TPSA) is 39.2 Å². The predicted octanol–water partition coefficient (Wildman–Crippen LogP) is 6.09. The Bertz CT molecular complexity index is 873. The van der Waals surface area contributed by atoms with Gasteiger partial charge in [0.15, 0.2) is 0 Å². The summed E-state index contributed by atoms with van der Waals surface area (Å²) in [5, 5.41) is 2.09. The summed E-state index contributed by atoms with van der Waals surface area (Å²) in [6.07, 6.45) is 8.52. The second-order valence-corrected chi connectivity index (χ2v) is 7.43. The lowest BCUT2D eigenvalue weighted by molar-refractivity contribution is -0.145. The van der Waals surface area contributed by atoms with Crippen molar-refractivity contribution in [2.45, 2.75) is 32.1 Å². The molecule has 0 spiro atoms. The van der Waals surface area contributed by atoms with E-state index in [0.717, 1.165) is 30.4 Å². The average Bonchev–Trinajstić information content (AvgIpc) is 3.26. The second kappa shape index (κ2) is 10.6. The molecule has 2 aromatic heterocycles. The van der Waals surface area contributed by atoms with Gasteiger partial charge in [0.25, 0.3) is 0 Å². The number of hydrogen-bond donors (Lipinski definition) is 0. The molecular formula is C24H25NO2S. The third-order valence-electron chi connectivity index (χ3n) is 4.58. The lowest BCUT2D eigenvalue weighted by atomic mass is 9.93. The number of carbonyl (C=O) groups is 1. The van der Waals surface area contributed by atoms with E-state index in [1.807, 2.05) is 49.5 Å². The lowest BCUT2D eigenvalue weighted by Crippen LogP contribution is -2.16. The quantitative estimate of drug-likeness (QED) is 0.327. The lowest BCUT2D eigenvalue weighted by Gasteiger charge is -2.15. The van der Waals surface area contributed by atoms with Gasteiger partial charge in [0.1, 0.15) is 0 Å². The van der Waals surface area contributed by atoms with Crippen molar-refractivity contribution in [2.75, 3.05) is 6.61 Å². The molecule has 0 aliphatic carbocycles. The van der Waals surface area contributed by atoms with Crippen molar-refractivity contribution in [1.82, 2.24) is 4.98 Å². The molecule has 28 heavy (non-hydrogen) atoms. The van der Waals surface area contributed by atoms with Crippen LogP contribution in [0.25, 0.3) is 5.57 Å². The summed E-state index contributed by atoms with van der Waals surface area (Å²) in [5.74, 6) is -0.346. The van der Waals surface area contributed by atoms with E-state index < -0.39 is 0 Å². The third kappa shape index (κ3) is 5.40. The highest BCUT2D eigenvalue weighted by Gasteiger charge is 2.21. The SMILES string of the molecule is CCOC(=O)C(CCCC=C(c1cccnc1)c1cccs1)c1ccccc1. The Labute approximate surface area is 170 Å². The highest BCUT2D eigenvalue weighted by molar-refractivity contribution is 7.11. The highest BCUT2D eigenvalue weighted by Crippen LogP contribution is 2.29. The molecule has 0 saturated heterocycles. The number of ether oxygens (including phenoxy) is 1. The minimum atomic E-state index is -0.210. The van der Waals surface area contributed by atoms with Crippen molar-refractivity contribution in [3.05, 3.63) is 94.5 Å². The van der Waals surface area contributed by atoms with E-state index in [2.05, 4.69) is 34.6 Å². The molecule has 3 rings (SSSR count). The number of carbonyl (C=O) groups excluding carboxylic acids is 1. The Balaban J connectivity index is 1.71. The normalized spacial score (nSPS) is 12.5. The summed E-state index contributed by atoms with van der Waals surface area (Å²) in [6.45, 7) is 2.26. The number of pyridine rings is 1. The number of benzene rings is 1. The van der Waals surface area contributed by atoms with Gasteiger partial charge in [-0.05, 0) is 54.8 Å². The van der Waals surface area contributed by atoms with Crippen molar-refractivity contribution in [2.24, 2.45) is 0 Å². The van der Waals surface area contributed by atoms with E-state index in [1.54, 1.807) is 17.5 Å². The minimum Gasteiger partial charge on any atom is -0.466 e. The molecule has 0 aliphatic heterocycles. The van der Waals surface area contributed by atoms with Crippen LogP contribution in [0.3, 0.4) is 0 Å². The second-order valence-electron chi connectivity index (χ2n) is 6.48. The molecule has 1 unspecified atom stereocenters. The Morgan fingerprint density at radius 3 is 2.68 bits per heavy atom. The van der Waals surface area contributed by atoms with Gasteiger partial charge in [-0.2, -0.15) is 0 Å². The van der Waals surface area contributed by atoms with Gasteiger partial charge in [-0.3, -0.25) is 9.78 Å². The molecule has 0 N–H and O–H groups in total. The largest absolute Gasteiger partial charge is 0.466 e. The van der Waals surface area contributed by atoms with Crippen LogP contribution in [0, 0.1) is 0 Å². The van der Waals surface area contributed by atoms with Gasteiger partial charge in [0.05, 0.1) is 12.5 Å². The first kappa shape index (κ1) is 20.0. The zero-order valence-corrected chi connectivity index (χ0v) is 16.9. The van der Waals surface area contributed by atoms with Crippen LogP contribution in [0.5, 0.6) is 0 Å². The van der Waals surface area contributed by atoms with Crippen LogP contribution in [0.15, 0.2) is 78.4 Å². The maximum Gasteiger partial charge on any atom is 0.313 e. The Morgan fingerprint density at radius 1 is 1.14 bits per heavy atom. The number of unbranched alkanes of at least 4 members (excludes halogenated alkanes) is 1. The standard InChI is InChI=1S/C24H25NO2S/c1-2-27-24(26)22(19-10-4-3-5-11-19)14-7-6-13-21(23-15-9-17-28-23)20-12-8-16-25-18-20/h3-5,8-13,15-18,22H,2,6-7,14H2,1H3. The number of esters is 1. The molecule has 0 radical (unpaired) electrons. The fourth-order valence-electron chi connectivity index (χ4n) is 3.23. The van der Waals surface area contributed by atoms with Crippen molar-refractivity contribution in [3.63, 3.8) is 0 Å². The van der Waals surface area contributed by atoms with Gasteiger partial charge in [-0.25, -0.2) is 0 Å². The first-order valence-corrected chi connectivity index (χ1v) is 10.5. The zero-order chi connectivity index (χ0) is 19.6. The molecule has 1 aromatic carbocycles. The Kier molecular flexibility index (Phi) is 7.56. The summed E-state index contributed by atoms with van der Waals surface area (Å²) in [7, 11) is 0. The fraction of sp³-hybridized carbons (Fsp3) is 0.250. The van der Waals surface area contributed by atoms with Crippen LogP contribution < -0.4 is 0 Å². The number of aromatic nitrogens is 1. The van der Waals surface area contributed by atoms with Gasteiger partial charge in [0, 0.05) is 22.8 Å². The van der Waals surface area contributed by atoms with Crippen molar-refractivity contribution in [1.29, 1.82) is 0 Å². The summed E-state index contributed by atoms with van der Waals surface area (Å²) >= 11 is 1.73. The van der Waals surface area contributed by atoms with Gasteiger partial charge >= 0.3 is 5.97 Å². The fourth-order valence-corrected chi connectivity index (χ4v) is 4.02. The van der Waals surface area contributed by atoms with Crippen LogP contribution in [0.4, 0.5) is 0 Å². The van der Waals surface area contributed by atoms with Crippen LogP contribution >= 0.6 is 11.3 Å². The molecule has 0 bridgehead atoms. The summed E-state index contributed by atoms with van der Waals surface area (Å²) < 4.78 is 5.30. The number of nitrogens with zero attached hydrogens (tertiary/aromatic N) is 1. The molecule has 144 valence electrons. The molecule has 1 atom stereocenters. The van der Waals surface area contributed by atoms with Gasteiger partial charge < -0.3 is 4.74 Å². The van der Waals surface area contributed by atoms with Crippen molar-refractivity contribution >= 4 is 22.9 Å². The monoisotopic (exact) mass is 391 g/mol. The Morgan fingerprint density at radius 2 is 2.00 bits per heavy atom. The highest BCUT2D eigenvalue weighted by atomic mass is 32.1. The Hall–Kier alpha value is -2.72. The summed E-state index contributed by atoms with van der Waals surface area (Å²) in [5.41, 5.74) is 3.35. The van der Waals surface area contributed by atoms with Crippen molar-refractivity contribution in [3.8, 4) is 0 Å². The van der Waals surface area contributed by atoms with Crippen LogP contribution in [0.2, 0.25) is 0 Å². The number of rotatable bonds is 9. The minimum absolute atomic E-state index is 0.136. The van der Waals surface area contributed by atoms with E-state index in [0.29, 0.717) is 6.61 Å². The van der Waals surface area contributed by atoms with Crippen LogP contribution in [-0.4, -0.2) is 17.6 Å². The molecule has 4 heteroatoms. The summed E-state index contributed by atoms with van der Waals surface area (Å²) in [6, 6.07) is 18.2. The smallest absolute Gasteiger partial charge is 0.313 e. The number of allylic oxidation sites excluding steroid dienone is 1. The van der Waals surface area contributed by atoms with E-state index in [1.165, 1.54) is 10.5 Å². The first-order valence-electron chi connectivity index (χ1n) is 9.65. The average molecular weight is 392 g/mol. The van der Waals surface area contributed by atoms with E-state index >= 15 is 0 Å². The van der Waals surface area contributed by atoms with E-state index in [4.69, 9.17) is 4.74 Å². The molecule has 3 aromatic rings. The van der Waals surface area contributed by atoms with E-state index in [-0.39, 0.29) is 11.9 Å². The van der Waals surface area contributed by atoms with Gasteiger partial charge in [-0.1, -0.05) is 48.5 Å². The van der Waals surface area contributed by atoms with Crippen LogP contribution in [-0.2, 0) is 9.53 Å². The molecule has 3 nitrogen and oxygen atoms in total. The maximum atomic E-state index is 12.4.